The Morgan fingerprint density at radius 2 is 2.00 bits per heavy atom. The van der Waals surface area contributed by atoms with Crippen LogP contribution in [0.4, 0.5) is 0 Å². The van der Waals surface area contributed by atoms with Crippen LogP contribution in [0.1, 0.15) is 6.42 Å². The van der Waals surface area contributed by atoms with Gasteiger partial charge < -0.3 is 5.32 Å². The number of rotatable bonds is 3. The lowest BCUT2D eigenvalue weighted by Crippen LogP contribution is -2.49. The summed E-state index contributed by atoms with van der Waals surface area (Å²) in [4.78, 5) is 2.40. The third-order valence-corrected chi connectivity index (χ3v) is 7.50. The smallest absolute Gasteiger partial charge is 0.252 e. The first-order valence-electron chi connectivity index (χ1n) is 6.77. The van der Waals surface area contributed by atoms with Gasteiger partial charge in [0.2, 0.25) is 0 Å². The number of thiophene rings is 1. The van der Waals surface area contributed by atoms with Crippen LogP contribution < -0.4 is 5.32 Å². The van der Waals surface area contributed by atoms with Crippen molar-refractivity contribution in [3.8, 4) is 0 Å². The first-order chi connectivity index (χ1) is 9.57. The molecule has 0 bridgehead atoms. The van der Waals surface area contributed by atoms with Crippen molar-refractivity contribution in [3.63, 3.8) is 0 Å². The van der Waals surface area contributed by atoms with E-state index in [1.807, 2.05) is 0 Å². The zero-order chi connectivity index (χ0) is 14.2. The van der Waals surface area contributed by atoms with Crippen LogP contribution in [0.3, 0.4) is 0 Å². The third-order valence-electron chi connectivity index (χ3n) is 3.94. The molecule has 1 atom stereocenters. The Labute approximate surface area is 128 Å². The molecule has 1 unspecified atom stereocenters. The van der Waals surface area contributed by atoms with Crippen molar-refractivity contribution in [2.24, 2.45) is 0 Å². The van der Waals surface area contributed by atoms with Crippen LogP contribution in [0.15, 0.2) is 16.3 Å². The fourth-order valence-electron chi connectivity index (χ4n) is 2.84. The first kappa shape index (κ1) is 14.7. The molecule has 3 heterocycles. The standard InChI is InChI=1S/C12H18ClN3O2S2/c13-11-1-2-12(19-11)20(17,18)16-6-3-10(9-16)15-7-4-14-5-8-15/h1-2,10,14H,3-9H2. The molecule has 0 amide bonds. The zero-order valence-electron chi connectivity index (χ0n) is 11.1. The topological polar surface area (TPSA) is 52.7 Å². The maximum atomic E-state index is 12.5. The number of sulfonamides is 1. The predicted octanol–water partition coefficient (Wildman–Crippen LogP) is 1.07. The fourth-order valence-corrected chi connectivity index (χ4v) is 5.97. The highest BCUT2D eigenvalue weighted by atomic mass is 35.5. The Bertz CT molecular complexity index is 569. The normalized spacial score (nSPS) is 26.1. The second kappa shape index (κ2) is 5.90. The molecule has 1 N–H and O–H groups in total. The van der Waals surface area contributed by atoms with E-state index in [9.17, 15) is 8.42 Å². The summed E-state index contributed by atoms with van der Waals surface area (Å²) in [7, 11) is -3.36. The summed E-state index contributed by atoms with van der Waals surface area (Å²) >= 11 is 6.97. The van der Waals surface area contributed by atoms with Gasteiger partial charge in [0, 0.05) is 45.3 Å². The quantitative estimate of drug-likeness (QED) is 0.897. The van der Waals surface area contributed by atoms with Gasteiger partial charge >= 0.3 is 0 Å². The van der Waals surface area contributed by atoms with Gasteiger partial charge in [-0.25, -0.2) is 8.42 Å². The van der Waals surface area contributed by atoms with Crippen LogP contribution >= 0.6 is 22.9 Å². The van der Waals surface area contributed by atoms with Crippen molar-refractivity contribution in [1.29, 1.82) is 0 Å². The lowest BCUT2D eigenvalue weighted by Gasteiger charge is -2.32. The van der Waals surface area contributed by atoms with E-state index >= 15 is 0 Å². The highest BCUT2D eigenvalue weighted by molar-refractivity contribution is 7.91. The molecule has 2 aliphatic rings. The molecule has 0 saturated carbocycles. The SMILES string of the molecule is O=S(=O)(c1ccc(Cl)s1)N1CCC(N2CCNCC2)C1. The molecule has 0 spiro atoms. The second-order valence-electron chi connectivity index (χ2n) is 5.15. The number of nitrogens with one attached hydrogen (secondary N) is 1. The average molecular weight is 336 g/mol. The van der Waals surface area contributed by atoms with Gasteiger partial charge in [0.1, 0.15) is 4.21 Å². The predicted molar refractivity (Wildman–Crippen MR) is 80.9 cm³/mol. The molecule has 0 aliphatic carbocycles. The number of hydrogen-bond acceptors (Lipinski definition) is 5. The van der Waals surface area contributed by atoms with Crippen LogP contribution in [-0.4, -0.2) is 62.9 Å². The summed E-state index contributed by atoms with van der Waals surface area (Å²) in [5.41, 5.74) is 0. The molecule has 2 aliphatic heterocycles. The summed E-state index contributed by atoms with van der Waals surface area (Å²) in [6.07, 6.45) is 0.915. The minimum absolute atomic E-state index is 0.349. The molecule has 5 nitrogen and oxygen atoms in total. The molecule has 1 aromatic rings. The maximum absolute atomic E-state index is 12.5. The van der Waals surface area contributed by atoms with Crippen molar-refractivity contribution >= 4 is 33.0 Å². The summed E-state index contributed by atoms with van der Waals surface area (Å²) < 4.78 is 27.5. The van der Waals surface area contributed by atoms with Crippen molar-refractivity contribution in [3.05, 3.63) is 16.5 Å². The Balaban J connectivity index is 1.70. The Kier molecular flexibility index (Phi) is 4.35. The van der Waals surface area contributed by atoms with E-state index in [2.05, 4.69) is 10.2 Å². The van der Waals surface area contributed by atoms with E-state index in [4.69, 9.17) is 11.6 Å². The molecule has 8 heteroatoms. The first-order valence-corrected chi connectivity index (χ1v) is 9.41. The lowest BCUT2D eigenvalue weighted by atomic mass is 10.2. The zero-order valence-corrected chi connectivity index (χ0v) is 13.5. The monoisotopic (exact) mass is 335 g/mol. The minimum atomic E-state index is -3.36. The maximum Gasteiger partial charge on any atom is 0.252 e. The van der Waals surface area contributed by atoms with Crippen molar-refractivity contribution < 1.29 is 8.42 Å². The van der Waals surface area contributed by atoms with Gasteiger partial charge in [0.05, 0.1) is 4.34 Å². The minimum Gasteiger partial charge on any atom is -0.314 e. The van der Waals surface area contributed by atoms with Crippen LogP contribution in [0.5, 0.6) is 0 Å². The molecule has 112 valence electrons. The van der Waals surface area contributed by atoms with Crippen molar-refractivity contribution in [2.75, 3.05) is 39.3 Å². The van der Waals surface area contributed by atoms with Crippen LogP contribution in [0, 0.1) is 0 Å². The molecule has 2 fully saturated rings. The van der Waals surface area contributed by atoms with Gasteiger partial charge in [-0.15, -0.1) is 11.3 Å². The van der Waals surface area contributed by atoms with E-state index in [0.29, 0.717) is 27.7 Å². The fraction of sp³-hybridized carbons (Fsp3) is 0.667. The summed E-state index contributed by atoms with van der Waals surface area (Å²) in [6, 6.07) is 3.59. The van der Waals surface area contributed by atoms with Gasteiger partial charge in [0.25, 0.3) is 10.0 Å². The molecule has 0 radical (unpaired) electrons. The van der Waals surface area contributed by atoms with Crippen molar-refractivity contribution in [1.82, 2.24) is 14.5 Å². The highest BCUT2D eigenvalue weighted by Crippen LogP contribution is 2.30. The van der Waals surface area contributed by atoms with Gasteiger partial charge in [-0.2, -0.15) is 4.31 Å². The van der Waals surface area contributed by atoms with Crippen LogP contribution in [0.2, 0.25) is 4.34 Å². The summed E-state index contributed by atoms with van der Waals surface area (Å²) in [5, 5.41) is 3.32. The molecule has 3 rings (SSSR count). The van der Waals surface area contributed by atoms with Gasteiger partial charge in [-0.3, -0.25) is 4.90 Å². The van der Waals surface area contributed by atoms with Crippen LogP contribution in [0.25, 0.3) is 0 Å². The van der Waals surface area contributed by atoms with Gasteiger partial charge in [-0.1, -0.05) is 11.6 Å². The van der Waals surface area contributed by atoms with Crippen LogP contribution in [-0.2, 0) is 10.0 Å². The molecule has 1 aromatic heterocycles. The second-order valence-corrected chi connectivity index (χ2v) is 9.03. The molecule has 20 heavy (non-hydrogen) atoms. The molecular weight excluding hydrogens is 318 g/mol. The number of hydrogen-bond donors (Lipinski definition) is 1. The molecule has 0 aromatic carbocycles. The van der Waals surface area contributed by atoms with E-state index in [1.54, 1.807) is 16.4 Å². The summed E-state index contributed by atoms with van der Waals surface area (Å²) in [6.45, 7) is 5.19. The van der Waals surface area contributed by atoms with Crippen molar-refractivity contribution in [2.45, 2.75) is 16.7 Å². The number of piperazine rings is 1. The summed E-state index contributed by atoms with van der Waals surface area (Å²) in [5.74, 6) is 0. The largest absolute Gasteiger partial charge is 0.314 e. The van der Waals surface area contributed by atoms with Gasteiger partial charge in [0.15, 0.2) is 0 Å². The van der Waals surface area contributed by atoms with E-state index in [-0.39, 0.29) is 0 Å². The molecular formula is C12H18ClN3O2S2. The third kappa shape index (κ3) is 2.88. The van der Waals surface area contributed by atoms with E-state index in [1.165, 1.54) is 0 Å². The lowest BCUT2D eigenvalue weighted by molar-refractivity contribution is 0.179. The Morgan fingerprint density at radius 1 is 1.25 bits per heavy atom. The molecule has 2 saturated heterocycles. The van der Waals surface area contributed by atoms with Gasteiger partial charge in [-0.05, 0) is 18.6 Å². The average Bonchev–Trinajstić information content (AvgIpc) is 3.09. The highest BCUT2D eigenvalue weighted by Gasteiger charge is 2.36. The number of nitrogens with zero attached hydrogens (tertiary/aromatic N) is 2. The van der Waals surface area contributed by atoms with E-state index in [0.717, 1.165) is 43.9 Å². The number of halogens is 1. The Hall–Kier alpha value is -0.180. The Morgan fingerprint density at radius 3 is 2.65 bits per heavy atom. The van der Waals surface area contributed by atoms with E-state index < -0.39 is 10.0 Å².